The van der Waals surface area contributed by atoms with Gasteiger partial charge < -0.3 is 10.1 Å². The lowest BCUT2D eigenvalue weighted by atomic mass is 10.3. The van der Waals surface area contributed by atoms with Crippen molar-refractivity contribution in [3.8, 4) is 6.01 Å². The number of aromatic nitrogens is 3. The molecule has 0 saturated carbocycles. The number of nitrogens with one attached hydrogen (secondary N) is 3. The number of benzene rings is 1. The Kier molecular flexibility index (Phi) is 4.65. The van der Waals surface area contributed by atoms with E-state index in [1.807, 2.05) is 0 Å². The summed E-state index contributed by atoms with van der Waals surface area (Å²) in [6.45, 7) is 2.24. The summed E-state index contributed by atoms with van der Waals surface area (Å²) in [5, 5.41) is 12.1. The first-order chi connectivity index (χ1) is 9.58. The Morgan fingerprint density at radius 3 is 2.85 bits per heavy atom. The van der Waals surface area contributed by atoms with Crippen LogP contribution in [0.4, 0.5) is 16.4 Å². The molecule has 9 heteroatoms. The highest BCUT2D eigenvalue weighted by atomic mass is 35.5. The standard InChI is InChI=1S/C11H11Cl2N5O2/c1-2-20-11-16-9(17-18-11)15-10(19)14-6-3-4-7(12)8(13)5-6/h3-5H,2H2,1H3,(H3,14,15,16,17,18,19). The van der Waals surface area contributed by atoms with Gasteiger partial charge in [0.1, 0.15) is 0 Å². The van der Waals surface area contributed by atoms with E-state index in [0.29, 0.717) is 22.3 Å². The van der Waals surface area contributed by atoms with Crippen LogP contribution in [-0.4, -0.2) is 27.8 Å². The molecule has 0 saturated heterocycles. The van der Waals surface area contributed by atoms with Gasteiger partial charge in [-0.05, 0) is 25.1 Å². The lowest BCUT2D eigenvalue weighted by molar-refractivity contribution is 0.262. The molecule has 0 atom stereocenters. The number of hydrogen-bond acceptors (Lipinski definition) is 4. The van der Waals surface area contributed by atoms with Gasteiger partial charge in [0.15, 0.2) is 0 Å². The van der Waals surface area contributed by atoms with Gasteiger partial charge in [-0.2, -0.15) is 4.98 Å². The molecule has 7 nitrogen and oxygen atoms in total. The highest BCUT2D eigenvalue weighted by Crippen LogP contribution is 2.25. The Labute approximate surface area is 124 Å². The van der Waals surface area contributed by atoms with Crippen LogP contribution < -0.4 is 15.4 Å². The molecular formula is C11H11Cl2N5O2. The Hall–Kier alpha value is -1.99. The van der Waals surface area contributed by atoms with Crippen molar-refractivity contribution in [2.75, 3.05) is 17.2 Å². The number of anilines is 2. The van der Waals surface area contributed by atoms with Crippen molar-refractivity contribution in [1.82, 2.24) is 15.2 Å². The fourth-order valence-corrected chi connectivity index (χ4v) is 1.64. The third-order valence-corrected chi connectivity index (χ3v) is 2.89. The largest absolute Gasteiger partial charge is 0.463 e. The van der Waals surface area contributed by atoms with Crippen LogP contribution in [0.1, 0.15) is 6.92 Å². The predicted molar refractivity (Wildman–Crippen MR) is 76.7 cm³/mol. The molecule has 0 unspecified atom stereocenters. The number of rotatable bonds is 4. The lowest BCUT2D eigenvalue weighted by Gasteiger charge is -2.06. The first-order valence-electron chi connectivity index (χ1n) is 5.66. The van der Waals surface area contributed by atoms with Gasteiger partial charge in [0.25, 0.3) is 0 Å². The monoisotopic (exact) mass is 315 g/mol. The fraction of sp³-hybridized carbons (Fsp3) is 0.182. The second-order valence-electron chi connectivity index (χ2n) is 3.61. The van der Waals surface area contributed by atoms with Gasteiger partial charge in [-0.3, -0.25) is 5.32 Å². The molecule has 0 aliphatic carbocycles. The molecule has 0 radical (unpaired) electrons. The van der Waals surface area contributed by atoms with Gasteiger partial charge in [0.05, 0.1) is 16.7 Å². The van der Waals surface area contributed by atoms with E-state index in [1.54, 1.807) is 19.1 Å². The molecule has 3 N–H and O–H groups in total. The molecule has 0 aliphatic rings. The van der Waals surface area contributed by atoms with E-state index in [4.69, 9.17) is 27.9 Å². The third kappa shape index (κ3) is 3.75. The average Bonchev–Trinajstić information content (AvgIpc) is 2.81. The van der Waals surface area contributed by atoms with Gasteiger partial charge in [-0.1, -0.05) is 23.2 Å². The number of hydrogen-bond donors (Lipinski definition) is 3. The first-order valence-corrected chi connectivity index (χ1v) is 6.42. The molecule has 20 heavy (non-hydrogen) atoms. The van der Waals surface area contributed by atoms with E-state index in [9.17, 15) is 4.79 Å². The summed E-state index contributed by atoms with van der Waals surface area (Å²) in [6.07, 6.45) is 0. The minimum absolute atomic E-state index is 0.164. The lowest BCUT2D eigenvalue weighted by Crippen LogP contribution is -2.20. The highest BCUT2D eigenvalue weighted by molar-refractivity contribution is 6.42. The predicted octanol–water partition coefficient (Wildman–Crippen LogP) is 3.15. The molecule has 1 heterocycles. The maximum atomic E-state index is 11.7. The number of amides is 2. The number of carbonyl (C=O) groups is 1. The normalized spacial score (nSPS) is 10.2. The first kappa shape index (κ1) is 14.4. The molecule has 106 valence electrons. The van der Waals surface area contributed by atoms with E-state index < -0.39 is 6.03 Å². The molecule has 0 bridgehead atoms. The van der Waals surface area contributed by atoms with E-state index in [2.05, 4.69) is 25.8 Å². The summed E-state index contributed by atoms with van der Waals surface area (Å²) in [5.74, 6) is 0.172. The van der Waals surface area contributed by atoms with E-state index >= 15 is 0 Å². The van der Waals surface area contributed by atoms with Crippen molar-refractivity contribution in [1.29, 1.82) is 0 Å². The van der Waals surface area contributed by atoms with E-state index in [-0.39, 0.29) is 12.0 Å². The van der Waals surface area contributed by atoms with Crippen molar-refractivity contribution in [3.05, 3.63) is 28.2 Å². The third-order valence-electron chi connectivity index (χ3n) is 2.15. The Bertz CT molecular complexity index is 617. The quantitative estimate of drug-likeness (QED) is 0.808. The highest BCUT2D eigenvalue weighted by Gasteiger charge is 2.08. The van der Waals surface area contributed by atoms with Gasteiger partial charge in [0, 0.05) is 5.69 Å². The molecule has 2 aromatic rings. The minimum Gasteiger partial charge on any atom is -0.463 e. The van der Waals surface area contributed by atoms with Crippen LogP contribution in [0, 0.1) is 0 Å². The van der Waals surface area contributed by atoms with E-state index in [0.717, 1.165) is 0 Å². The minimum atomic E-state index is -0.498. The van der Waals surface area contributed by atoms with Gasteiger partial charge in [-0.15, -0.1) is 5.10 Å². The Morgan fingerprint density at radius 1 is 1.35 bits per heavy atom. The molecular weight excluding hydrogens is 305 g/mol. The zero-order valence-electron chi connectivity index (χ0n) is 10.4. The number of H-pyrrole nitrogens is 1. The maximum Gasteiger partial charge on any atom is 0.337 e. The second-order valence-corrected chi connectivity index (χ2v) is 4.42. The zero-order chi connectivity index (χ0) is 14.5. The number of ether oxygens (including phenoxy) is 1. The number of halogens is 2. The summed E-state index contributed by atoms with van der Waals surface area (Å²) in [4.78, 5) is 15.6. The second kappa shape index (κ2) is 6.44. The molecule has 1 aromatic heterocycles. The zero-order valence-corrected chi connectivity index (χ0v) is 11.9. The van der Waals surface area contributed by atoms with Crippen molar-refractivity contribution < 1.29 is 9.53 Å². The summed E-state index contributed by atoms with van der Waals surface area (Å²) in [7, 11) is 0. The van der Waals surface area contributed by atoms with Gasteiger partial charge in [-0.25, -0.2) is 9.89 Å². The summed E-state index contributed by atoms with van der Waals surface area (Å²) < 4.78 is 5.06. The number of aromatic amines is 1. The Morgan fingerprint density at radius 2 is 2.15 bits per heavy atom. The fourth-order valence-electron chi connectivity index (χ4n) is 1.34. The van der Waals surface area contributed by atoms with Crippen LogP contribution in [-0.2, 0) is 0 Å². The number of urea groups is 1. The molecule has 2 amide bonds. The Balaban J connectivity index is 1.95. The van der Waals surface area contributed by atoms with Crippen LogP contribution in [0.15, 0.2) is 18.2 Å². The van der Waals surface area contributed by atoms with Crippen LogP contribution in [0.25, 0.3) is 0 Å². The van der Waals surface area contributed by atoms with E-state index in [1.165, 1.54) is 6.07 Å². The number of nitrogens with zero attached hydrogens (tertiary/aromatic N) is 2. The maximum absolute atomic E-state index is 11.7. The van der Waals surface area contributed by atoms with Crippen molar-refractivity contribution in [3.63, 3.8) is 0 Å². The van der Waals surface area contributed by atoms with Crippen LogP contribution in [0.2, 0.25) is 10.0 Å². The molecule has 0 spiro atoms. The van der Waals surface area contributed by atoms with Crippen LogP contribution in [0.3, 0.4) is 0 Å². The smallest absolute Gasteiger partial charge is 0.337 e. The van der Waals surface area contributed by atoms with Crippen LogP contribution in [0.5, 0.6) is 6.01 Å². The topological polar surface area (TPSA) is 91.9 Å². The van der Waals surface area contributed by atoms with Crippen molar-refractivity contribution in [2.24, 2.45) is 0 Å². The summed E-state index contributed by atoms with van der Waals surface area (Å²) in [5.41, 5.74) is 0.501. The summed E-state index contributed by atoms with van der Waals surface area (Å²) in [6, 6.07) is 4.41. The van der Waals surface area contributed by atoms with Gasteiger partial charge in [0.2, 0.25) is 5.95 Å². The molecule has 0 fully saturated rings. The van der Waals surface area contributed by atoms with Crippen LogP contribution >= 0.6 is 23.2 Å². The number of carbonyl (C=O) groups excluding carboxylic acids is 1. The van der Waals surface area contributed by atoms with Gasteiger partial charge >= 0.3 is 12.0 Å². The molecule has 2 rings (SSSR count). The molecule has 1 aromatic carbocycles. The van der Waals surface area contributed by atoms with Crippen molar-refractivity contribution in [2.45, 2.75) is 6.92 Å². The van der Waals surface area contributed by atoms with Crippen molar-refractivity contribution >= 4 is 40.9 Å². The molecule has 0 aliphatic heterocycles. The summed E-state index contributed by atoms with van der Waals surface area (Å²) >= 11 is 11.6. The SMILES string of the molecule is CCOc1n[nH]c(NC(=O)Nc2ccc(Cl)c(Cl)c2)n1. The average molecular weight is 316 g/mol.